The molecule has 0 aromatic heterocycles. The molecule has 2 aromatic rings. The first-order chi connectivity index (χ1) is 11.0. The summed E-state index contributed by atoms with van der Waals surface area (Å²) in [4.78, 5) is 21.1. The predicted octanol–water partition coefficient (Wildman–Crippen LogP) is 4.55. The highest BCUT2D eigenvalue weighted by Gasteiger charge is 2.12. The highest BCUT2D eigenvalue weighted by atomic mass is 35.5. The van der Waals surface area contributed by atoms with Crippen molar-refractivity contribution < 1.29 is 19.8 Å². The molecule has 0 atom stereocenters. The van der Waals surface area contributed by atoms with Gasteiger partial charge in [-0.1, -0.05) is 46.4 Å². The van der Waals surface area contributed by atoms with E-state index in [1.54, 1.807) is 0 Å². The van der Waals surface area contributed by atoms with Crippen molar-refractivity contribution >= 4 is 69.7 Å². The van der Waals surface area contributed by atoms with Crippen LogP contribution in [0.25, 0.3) is 0 Å². The van der Waals surface area contributed by atoms with Crippen molar-refractivity contribution in [1.29, 1.82) is 0 Å². The molecule has 6 nitrogen and oxygen atoms in total. The molecule has 0 fully saturated rings. The second-order valence-electron chi connectivity index (χ2n) is 4.32. The number of benzene rings is 2. The Kier molecular flexibility index (Phi) is 6.98. The molecule has 0 heterocycles. The SMILES string of the molecule is Nc1cc(Cl)cc(C(=O)O)c1Cl.Nc1cc(Cl)cc(C(=O)O)c1Cl. The fraction of sp³-hybridized carbons (Fsp3) is 0. The first kappa shape index (κ1) is 20.2. The van der Waals surface area contributed by atoms with Crippen LogP contribution in [0.15, 0.2) is 24.3 Å². The van der Waals surface area contributed by atoms with Gasteiger partial charge in [-0.2, -0.15) is 0 Å². The summed E-state index contributed by atoms with van der Waals surface area (Å²) in [6.45, 7) is 0. The van der Waals surface area contributed by atoms with Crippen LogP contribution in [0.5, 0.6) is 0 Å². The fourth-order valence-corrected chi connectivity index (χ4v) is 2.37. The van der Waals surface area contributed by atoms with E-state index in [2.05, 4.69) is 0 Å². The maximum atomic E-state index is 10.5. The number of aromatic carboxylic acids is 2. The van der Waals surface area contributed by atoms with Crippen molar-refractivity contribution in [2.75, 3.05) is 11.5 Å². The van der Waals surface area contributed by atoms with Crippen LogP contribution < -0.4 is 11.5 Å². The molecule has 0 unspecified atom stereocenters. The van der Waals surface area contributed by atoms with Crippen molar-refractivity contribution in [1.82, 2.24) is 0 Å². The molecular weight excluding hydrogens is 402 g/mol. The van der Waals surface area contributed by atoms with Crippen molar-refractivity contribution in [3.05, 3.63) is 55.5 Å². The zero-order valence-electron chi connectivity index (χ0n) is 11.7. The van der Waals surface area contributed by atoms with Crippen LogP contribution in [0.1, 0.15) is 20.7 Å². The molecule has 0 amide bonds. The molecule has 0 saturated carbocycles. The summed E-state index contributed by atoms with van der Waals surface area (Å²) in [5.41, 5.74) is 10.9. The van der Waals surface area contributed by atoms with E-state index in [0.717, 1.165) is 0 Å². The van der Waals surface area contributed by atoms with Crippen LogP contribution in [0, 0.1) is 0 Å². The summed E-state index contributed by atoms with van der Waals surface area (Å²) in [5.74, 6) is -2.29. The Morgan fingerprint density at radius 3 is 1.25 bits per heavy atom. The third kappa shape index (κ3) is 5.07. The third-order valence-corrected chi connectivity index (χ3v) is 3.87. The summed E-state index contributed by atoms with van der Waals surface area (Å²) in [6.07, 6.45) is 0. The number of hydrogen-bond acceptors (Lipinski definition) is 4. The monoisotopic (exact) mass is 410 g/mol. The average Bonchev–Trinajstić information content (AvgIpc) is 2.46. The van der Waals surface area contributed by atoms with Gasteiger partial charge in [0.25, 0.3) is 0 Å². The Labute approximate surface area is 156 Å². The van der Waals surface area contributed by atoms with Gasteiger partial charge in [-0.3, -0.25) is 0 Å². The van der Waals surface area contributed by atoms with E-state index in [-0.39, 0.29) is 42.6 Å². The van der Waals surface area contributed by atoms with E-state index in [9.17, 15) is 9.59 Å². The highest BCUT2D eigenvalue weighted by Crippen LogP contribution is 2.28. The number of rotatable bonds is 2. The number of carboxylic acids is 2. The normalized spacial score (nSPS) is 9.83. The molecule has 6 N–H and O–H groups in total. The second kappa shape index (κ2) is 8.30. The summed E-state index contributed by atoms with van der Waals surface area (Å²) in [6, 6.07) is 5.30. The van der Waals surface area contributed by atoms with E-state index >= 15 is 0 Å². The standard InChI is InChI=1S/2C7H5Cl2NO2/c2*8-3-1-4(7(11)12)6(9)5(10)2-3/h2*1-2H,10H2,(H,11,12). The molecule has 2 rings (SSSR count). The summed E-state index contributed by atoms with van der Waals surface area (Å²) in [7, 11) is 0. The molecule has 10 heteroatoms. The van der Waals surface area contributed by atoms with E-state index in [4.69, 9.17) is 68.1 Å². The van der Waals surface area contributed by atoms with Gasteiger partial charge in [0.05, 0.1) is 32.5 Å². The van der Waals surface area contributed by atoms with Crippen LogP contribution in [-0.2, 0) is 0 Å². The van der Waals surface area contributed by atoms with Gasteiger partial charge in [0.15, 0.2) is 0 Å². The van der Waals surface area contributed by atoms with Crippen LogP contribution in [0.2, 0.25) is 20.1 Å². The summed E-state index contributed by atoms with van der Waals surface area (Å²) < 4.78 is 0. The topological polar surface area (TPSA) is 127 Å². The van der Waals surface area contributed by atoms with Gasteiger partial charge in [-0.25, -0.2) is 9.59 Å². The molecule has 0 spiro atoms. The van der Waals surface area contributed by atoms with Gasteiger partial charge >= 0.3 is 11.9 Å². The van der Waals surface area contributed by atoms with Gasteiger partial charge < -0.3 is 21.7 Å². The Balaban J connectivity index is 0.000000240. The molecule has 0 aliphatic rings. The van der Waals surface area contributed by atoms with Crippen LogP contribution in [0.3, 0.4) is 0 Å². The number of carboxylic acid groups (broad SMARTS) is 2. The number of halogens is 4. The zero-order chi connectivity index (χ0) is 18.6. The van der Waals surface area contributed by atoms with E-state index in [0.29, 0.717) is 0 Å². The van der Waals surface area contributed by atoms with Crippen LogP contribution >= 0.6 is 46.4 Å². The Morgan fingerprint density at radius 2 is 1.00 bits per heavy atom. The predicted molar refractivity (Wildman–Crippen MR) is 95.7 cm³/mol. The van der Waals surface area contributed by atoms with Crippen LogP contribution in [-0.4, -0.2) is 22.2 Å². The molecule has 24 heavy (non-hydrogen) atoms. The third-order valence-electron chi connectivity index (χ3n) is 2.59. The molecule has 0 bridgehead atoms. The minimum Gasteiger partial charge on any atom is -0.478 e. The molecule has 2 aromatic carbocycles. The number of carbonyl (C=O) groups is 2. The van der Waals surface area contributed by atoms with Gasteiger partial charge in [-0.15, -0.1) is 0 Å². The lowest BCUT2D eigenvalue weighted by atomic mass is 10.2. The number of nitrogen functional groups attached to an aromatic ring is 2. The van der Waals surface area contributed by atoms with Crippen molar-refractivity contribution in [2.45, 2.75) is 0 Å². The van der Waals surface area contributed by atoms with Crippen molar-refractivity contribution in [3.8, 4) is 0 Å². The summed E-state index contributed by atoms with van der Waals surface area (Å²) in [5, 5.41) is 17.8. The smallest absolute Gasteiger partial charge is 0.337 e. The first-order valence-corrected chi connectivity index (χ1v) is 7.51. The van der Waals surface area contributed by atoms with E-state index in [1.165, 1.54) is 24.3 Å². The molecular formula is C14H10Cl4N2O4. The number of hydrogen-bond donors (Lipinski definition) is 4. The van der Waals surface area contributed by atoms with E-state index < -0.39 is 11.9 Å². The first-order valence-electron chi connectivity index (χ1n) is 6.00. The fourth-order valence-electron chi connectivity index (χ4n) is 1.53. The minimum atomic E-state index is -1.14. The molecule has 0 radical (unpaired) electrons. The number of anilines is 2. The largest absolute Gasteiger partial charge is 0.478 e. The zero-order valence-corrected chi connectivity index (χ0v) is 14.7. The second-order valence-corrected chi connectivity index (χ2v) is 5.95. The lowest BCUT2D eigenvalue weighted by Crippen LogP contribution is -2.00. The Hall–Kier alpha value is -1.86. The average molecular weight is 412 g/mol. The summed E-state index contributed by atoms with van der Waals surface area (Å²) >= 11 is 22.3. The molecule has 128 valence electrons. The lowest BCUT2D eigenvalue weighted by molar-refractivity contribution is 0.0686. The molecule has 0 aliphatic heterocycles. The number of nitrogens with two attached hydrogens (primary N) is 2. The van der Waals surface area contributed by atoms with Gasteiger partial charge in [-0.05, 0) is 24.3 Å². The maximum Gasteiger partial charge on any atom is 0.337 e. The van der Waals surface area contributed by atoms with Crippen molar-refractivity contribution in [3.63, 3.8) is 0 Å². The lowest BCUT2D eigenvalue weighted by Gasteiger charge is -2.02. The highest BCUT2D eigenvalue weighted by molar-refractivity contribution is 6.38. The minimum absolute atomic E-state index is 0.0203. The Morgan fingerprint density at radius 1 is 0.708 bits per heavy atom. The quantitative estimate of drug-likeness (QED) is 0.537. The molecule has 0 saturated heterocycles. The van der Waals surface area contributed by atoms with Gasteiger partial charge in [0.2, 0.25) is 0 Å². The Bertz CT molecular complexity index is 744. The van der Waals surface area contributed by atoms with Gasteiger partial charge in [0, 0.05) is 10.0 Å². The van der Waals surface area contributed by atoms with Crippen molar-refractivity contribution in [2.24, 2.45) is 0 Å². The molecule has 0 aliphatic carbocycles. The van der Waals surface area contributed by atoms with Gasteiger partial charge in [0.1, 0.15) is 0 Å². The maximum absolute atomic E-state index is 10.5. The van der Waals surface area contributed by atoms with Crippen LogP contribution in [0.4, 0.5) is 11.4 Å². The van der Waals surface area contributed by atoms with E-state index in [1.807, 2.05) is 0 Å².